The molecule has 2 unspecified atom stereocenters. The maximum Gasteiger partial charge on any atom is 0.336 e. The van der Waals surface area contributed by atoms with Gasteiger partial charge in [-0.25, -0.2) is 4.79 Å². The van der Waals surface area contributed by atoms with Gasteiger partial charge in [0.2, 0.25) is 5.75 Å². The van der Waals surface area contributed by atoms with Crippen LogP contribution >= 0.6 is 0 Å². The minimum absolute atomic E-state index is 0.0825. The number of hydrogen-bond donors (Lipinski definition) is 0. The molecule has 7 nitrogen and oxygen atoms in total. The van der Waals surface area contributed by atoms with Gasteiger partial charge in [0.1, 0.15) is 11.9 Å². The lowest BCUT2D eigenvalue weighted by molar-refractivity contribution is -0.145. The Labute approximate surface area is 214 Å². The van der Waals surface area contributed by atoms with E-state index >= 15 is 0 Å². The van der Waals surface area contributed by atoms with Crippen molar-refractivity contribution in [2.75, 3.05) is 21.3 Å². The van der Waals surface area contributed by atoms with Crippen molar-refractivity contribution in [1.29, 1.82) is 0 Å². The number of hydrogen-bond acceptors (Lipinski definition) is 7. The first-order valence-electron chi connectivity index (χ1n) is 13.0. The Morgan fingerprint density at radius 1 is 0.917 bits per heavy atom. The molecule has 0 bridgehead atoms. The first-order chi connectivity index (χ1) is 17.2. The van der Waals surface area contributed by atoms with E-state index in [1.54, 1.807) is 27.4 Å². The van der Waals surface area contributed by atoms with Gasteiger partial charge in [-0.1, -0.05) is 32.8 Å². The zero-order chi connectivity index (χ0) is 26.0. The number of carbonyl (C=O) groups excluding carboxylic acids is 2. The van der Waals surface area contributed by atoms with Gasteiger partial charge in [-0.15, -0.1) is 0 Å². The van der Waals surface area contributed by atoms with Crippen molar-refractivity contribution in [3.05, 3.63) is 29.0 Å². The monoisotopic (exact) mass is 497 g/mol. The average Bonchev–Trinajstić information content (AvgIpc) is 3.09. The van der Waals surface area contributed by atoms with Crippen LogP contribution in [0.3, 0.4) is 0 Å². The minimum Gasteiger partial charge on any atom is -0.493 e. The van der Waals surface area contributed by atoms with Crippen LogP contribution in [0.2, 0.25) is 0 Å². The number of allylic oxidation sites excluding steroid dienone is 1. The van der Waals surface area contributed by atoms with Crippen molar-refractivity contribution in [3.63, 3.8) is 0 Å². The predicted octanol–water partition coefficient (Wildman–Crippen LogP) is 5.80. The molecule has 0 N–H and O–H groups in total. The van der Waals surface area contributed by atoms with Crippen molar-refractivity contribution < 1.29 is 28.5 Å². The molecule has 1 aliphatic heterocycles. The number of aliphatic imine (C=N–C) groups is 1. The average molecular weight is 498 g/mol. The highest BCUT2D eigenvalue weighted by Crippen LogP contribution is 2.52. The lowest BCUT2D eigenvalue weighted by atomic mass is 9.63. The summed E-state index contributed by atoms with van der Waals surface area (Å²) >= 11 is 0. The number of methoxy groups -OCH3 is 3. The molecular weight excluding hydrogens is 458 g/mol. The van der Waals surface area contributed by atoms with E-state index in [4.69, 9.17) is 23.9 Å². The number of fused-ring (bicyclic) bond motifs is 1. The molecule has 0 spiro atoms. The van der Waals surface area contributed by atoms with Crippen LogP contribution in [0.1, 0.15) is 83.6 Å². The van der Waals surface area contributed by atoms with Gasteiger partial charge in [-0.2, -0.15) is 0 Å². The quantitative estimate of drug-likeness (QED) is 0.365. The molecule has 3 aliphatic rings. The van der Waals surface area contributed by atoms with Crippen molar-refractivity contribution in [3.8, 4) is 17.2 Å². The second-order valence-electron chi connectivity index (χ2n) is 11.0. The maximum absolute atomic E-state index is 13.8. The Morgan fingerprint density at radius 2 is 1.58 bits per heavy atom. The van der Waals surface area contributed by atoms with Gasteiger partial charge in [0.05, 0.1) is 32.8 Å². The van der Waals surface area contributed by atoms with Crippen LogP contribution in [0.15, 0.2) is 28.4 Å². The molecule has 0 radical (unpaired) electrons. The van der Waals surface area contributed by atoms with E-state index in [1.165, 1.54) is 12.8 Å². The Hall–Kier alpha value is -2.83. The second kappa shape index (κ2) is 10.7. The van der Waals surface area contributed by atoms with Crippen molar-refractivity contribution in [2.45, 2.75) is 84.2 Å². The van der Waals surface area contributed by atoms with Crippen molar-refractivity contribution in [1.82, 2.24) is 0 Å². The Kier molecular flexibility index (Phi) is 7.76. The summed E-state index contributed by atoms with van der Waals surface area (Å²) in [7, 11) is 4.67. The second-order valence-corrected chi connectivity index (χ2v) is 11.0. The normalized spacial score (nSPS) is 24.4. The van der Waals surface area contributed by atoms with E-state index in [2.05, 4.69) is 13.8 Å². The summed E-state index contributed by atoms with van der Waals surface area (Å²) in [5, 5.41) is 0. The lowest BCUT2D eigenvalue weighted by Gasteiger charge is -2.41. The number of esters is 1. The van der Waals surface area contributed by atoms with Crippen LogP contribution in [0.25, 0.3) is 0 Å². The van der Waals surface area contributed by atoms with Crippen molar-refractivity contribution in [2.24, 2.45) is 16.3 Å². The highest BCUT2D eigenvalue weighted by molar-refractivity contribution is 6.12. The Morgan fingerprint density at radius 3 is 2.19 bits per heavy atom. The number of nitrogens with zero attached hydrogens (tertiary/aromatic N) is 1. The predicted molar refractivity (Wildman–Crippen MR) is 138 cm³/mol. The number of Topliss-reactive ketones (excluding diaryl/α,β-unsaturated/α-hetero) is 1. The lowest BCUT2D eigenvalue weighted by Crippen LogP contribution is -2.44. The fourth-order valence-corrected chi connectivity index (χ4v) is 6.14. The summed E-state index contributed by atoms with van der Waals surface area (Å²) in [5.41, 5.74) is 2.38. The first kappa shape index (κ1) is 26.2. The SMILES string of the molecule is COc1ccc(C2C(C(=O)OC3CCCCCC3)=C(C)N=C3CC(C)(C)CC(=O)C32)c(OC)c1OC. The van der Waals surface area contributed by atoms with E-state index < -0.39 is 11.8 Å². The molecule has 2 saturated carbocycles. The number of rotatable bonds is 6. The summed E-state index contributed by atoms with van der Waals surface area (Å²) in [6, 6.07) is 3.66. The zero-order valence-corrected chi connectivity index (χ0v) is 22.4. The molecular formula is C29H39NO6. The van der Waals surface area contributed by atoms with E-state index in [-0.39, 0.29) is 23.3 Å². The zero-order valence-electron chi connectivity index (χ0n) is 22.4. The molecule has 0 saturated heterocycles. The first-order valence-corrected chi connectivity index (χ1v) is 13.0. The smallest absolute Gasteiger partial charge is 0.336 e. The topological polar surface area (TPSA) is 83.4 Å². The van der Waals surface area contributed by atoms with Gasteiger partial charge in [0.25, 0.3) is 0 Å². The highest BCUT2D eigenvalue weighted by Gasteiger charge is 2.49. The Balaban J connectivity index is 1.85. The van der Waals surface area contributed by atoms with Crippen LogP contribution < -0.4 is 14.2 Å². The van der Waals surface area contributed by atoms with Gasteiger partial charge in [-0.05, 0) is 50.5 Å². The Bertz CT molecular complexity index is 1080. The summed E-state index contributed by atoms with van der Waals surface area (Å²) in [5.74, 6) is -0.0323. The van der Waals surface area contributed by atoms with Crippen LogP contribution in [0.5, 0.6) is 17.2 Å². The van der Waals surface area contributed by atoms with E-state index in [0.29, 0.717) is 46.9 Å². The van der Waals surface area contributed by atoms with Gasteiger partial charge < -0.3 is 18.9 Å². The highest BCUT2D eigenvalue weighted by atomic mass is 16.5. The molecule has 2 fully saturated rings. The fourth-order valence-electron chi connectivity index (χ4n) is 6.14. The van der Waals surface area contributed by atoms with E-state index in [0.717, 1.165) is 31.4 Å². The van der Waals surface area contributed by atoms with Gasteiger partial charge in [0, 0.05) is 29.3 Å². The summed E-state index contributed by atoms with van der Waals surface area (Å²) in [6.45, 7) is 6.02. The molecule has 1 aromatic carbocycles. The summed E-state index contributed by atoms with van der Waals surface area (Å²) in [6.07, 6.45) is 7.19. The van der Waals surface area contributed by atoms with Crippen LogP contribution in [-0.4, -0.2) is 44.9 Å². The van der Waals surface area contributed by atoms with Gasteiger partial charge in [0.15, 0.2) is 11.5 Å². The number of carbonyl (C=O) groups is 2. The van der Waals surface area contributed by atoms with Crippen LogP contribution in [0, 0.1) is 11.3 Å². The summed E-state index contributed by atoms with van der Waals surface area (Å²) < 4.78 is 23.0. The molecule has 2 aliphatic carbocycles. The number of ketones is 1. The molecule has 0 aromatic heterocycles. The third kappa shape index (κ3) is 5.02. The fraction of sp³-hybridized carbons (Fsp3) is 0.621. The van der Waals surface area contributed by atoms with Gasteiger partial charge in [-0.3, -0.25) is 9.79 Å². The largest absolute Gasteiger partial charge is 0.493 e. The van der Waals surface area contributed by atoms with Crippen molar-refractivity contribution >= 4 is 17.5 Å². The number of ether oxygens (including phenoxy) is 4. The van der Waals surface area contributed by atoms with Crippen LogP contribution in [0.4, 0.5) is 0 Å². The molecule has 196 valence electrons. The molecule has 36 heavy (non-hydrogen) atoms. The van der Waals surface area contributed by atoms with E-state index in [9.17, 15) is 9.59 Å². The molecule has 1 heterocycles. The molecule has 2 atom stereocenters. The standard InChI is InChI=1S/C29H39NO6/c1-17-23(28(32)36-18-11-9-7-8-10-12-18)24(25-20(30-17)15-29(2,3)16-21(25)31)19-13-14-22(33-4)27(35-6)26(19)34-5/h13-14,18,24-25H,7-12,15-16H2,1-6H3. The molecule has 7 heteroatoms. The summed E-state index contributed by atoms with van der Waals surface area (Å²) in [4.78, 5) is 32.3. The van der Waals surface area contributed by atoms with Crippen LogP contribution in [-0.2, 0) is 14.3 Å². The number of benzene rings is 1. The minimum atomic E-state index is -0.575. The third-order valence-electron chi connectivity index (χ3n) is 7.73. The van der Waals surface area contributed by atoms with Gasteiger partial charge >= 0.3 is 5.97 Å². The molecule has 4 rings (SSSR count). The molecule has 1 aromatic rings. The maximum atomic E-state index is 13.8. The third-order valence-corrected chi connectivity index (χ3v) is 7.73. The van der Waals surface area contributed by atoms with E-state index in [1.807, 2.05) is 13.0 Å². The molecule has 0 amide bonds.